The highest BCUT2D eigenvalue weighted by Crippen LogP contribution is 2.50. The van der Waals surface area contributed by atoms with Crippen LogP contribution < -0.4 is 5.73 Å². The van der Waals surface area contributed by atoms with E-state index in [0.717, 1.165) is 30.7 Å². The van der Waals surface area contributed by atoms with Crippen LogP contribution in [0.25, 0.3) is 0 Å². The molecule has 2 unspecified atom stereocenters. The number of aliphatic hydroxyl groups is 1. The molecule has 3 N–H and O–H groups in total. The maximum atomic E-state index is 10.6. The number of aromatic nitrogens is 2. The van der Waals surface area contributed by atoms with Gasteiger partial charge in [-0.3, -0.25) is 4.68 Å². The van der Waals surface area contributed by atoms with Crippen molar-refractivity contribution in [2.75, 3.05) is 6.54 Å². The SMILES string of the molecule is Cc1cc(CC2(CN)CCC(C)(C)C2O)n(C)n1. The van der Waals surface area contributed by atoms with Crippen molar-refractivity contribution in [3.05, 3.63) is 17.5 Å². The van der Waals surface area contributed by atoms with Gasteiger partial charge in [-0.1, -0.05) is 13.8 Å². The van der Waals surface area contributed by atoms with Gasteiger partial charge in [0.1, 0.15) is 0 Å². The Bertz CT molecular complexity index is 438. The third-order valence-electron chi connectivity index (χ3n) is 4.63. The van der Waals surface area contributed by atoms with Crippen LogP contribution in [0.4, 0.5) is 0 Å². The summed E-state index contributed by atoms with van der Waals surface area (Å²) in [6.07, 6.45) is 2.49. The van der Waals surface area contributed by atoms with Crippen molar-refractivity contribution < 1.29 is 5.11 Å². The minimum atomic E-state index is -0.342. The lowest BCUT2D eigenvalue weighted by Gasteiger charge is -2.35. The Labute approximate surface area is 109 Å². The summed E-state index contributed by atoms with van der Waals surface area (Å²) in [5.74, 6) is 0. The first-order valence-electron chi connectivity index (χ1n) is 6.68. The highest BCUT2D eigenvalue weighted by atomic mass is 16.3. The molecule has 1 heterocycles. The van der Waals surface area contributed by atoms with Gasteiger partial charge in [0.15, 0.2) is 0 Å². The summed E-state index contributed by atoms with van der Waals surface area (Å²) in [7, 11) is 1.96. The highest BCUT2D eigenvalue weighted by molar-refractivity contribution is 5.14. The van der Waals surface area contributed by atoms with Gasteiger partial charge < -0.3 is 10.8 Å². The molecule has 18 heavy (non-hydrogen) atoms. The van der Waals surface area contributed by atoms with Gasteiger partial charge in [-0.2, -0.15) is 5.10 Å². The predicted octanol–water partition coefficient (Wildman–Crippen LogP) is 1.40. The summed E-state index contributed by atoms with van der Waals surface area (Å²) in [5, 5.41) is 15.0. The molecule has 0 bridgehead atoms. The first-order chi connectivity index (χ1) is 8.31. The maximum Gasteiger partial charge on any atom is 0.0663 e. The van der Waals surface area contributed by atoms with E-state index in [0.29, 0.717) is 6.54 Å². The Balaban J connectivity index is 2.27. The number of aliphatic hydroxyl groups excluding tert-OH is 1. The third-order valence-corrected chi connectivity index (χ3v) is 4.63. The topological polar surface area (TPSA) is 64.1 Å². The van der Waals surface area contributed by atoms with E-state index < -0.39 is 0 Å². The molecule has 0 aromatic carbocycles. The molecule has 4 heteroatoms. The number of hydrogen-bond acceptors (Lipinski definition) is 3. The normalized spacial score (nSPS) is 30.9. The van der Waals surface area contributed by atoms with Crippen molar-refractivity contribution >= 4 is 0 Å². The van der Waals surface area contributed by atoms with Gasteiger partial charge in [-0.25, -0.2) is 0 Å². The standard InChI is InChI=1S/C14H25N3O/c1-10-7-11(17(4)16-10)8-14(9-15)6-5-13(2,3)12(14)18/h7,12,18H,5-6,8-9,15H2,1-4H3. The number of nitrogens with zero attached hydrogens (tertiary/aromatic N) is 2. The largest absolute Gasteiger partial charge is 0.392 e. The van der Waals surface area contributed by atoms with Gasteiger partial charge in [0.25, 0.3) is 0 Å². The molecule has 102 valence electrons. The van der Waals surface area contributed by atoms with Crippen LogP contribution >= 0.6 is 0 Å². The summed E-state index contributed by atoms with van der Waals surface area (Å²) in [4.78, 5) is 0. The molecule has 0 aliphatic heterocycles. The molecule has 0 amide bonds. The summed E-state index contributed by atoms with van der Waals surface area (Å²) < 4.78 is 1.91. The number of nitrogens with two attached hydrogens (primary N) is 1. The fourth-order valence-corrected chi connectivity index (χ4v) is 3.33. The van der Waals surface area contributed by atoms with Crippen molar-refractivity contribution in [2.45, 2.75) is 46.1 Å². The third kappa shape index (κ3) is 2.08. The minimum absolute atomic E-state index is 0.0347. The zero-order valence-corrected chi connectivity index (χ0v) is 11.9. The lowest BCUT2D eigenvalue weighted by molar-refractivity contribution is -0.00545. The molecule has 1 fully saturated rings. The Hall–Kier alpha value is -0.870. The minimum Gasteiger partial charge on any atom is -0.392 e. The Kier molecular flexibility index (Phi) is 3.28. The van der Waals surface area contributed by atoms with Crippen LogP contribution in [0.15, 0.2) is 6.07 Å². The lowest BCUT2D eigenvalue weighted by atomic mass is 9.75. The molecule has 2 rings (SSSR count). The van der Waals surface area contributed by atoms with E-state index in [1.54, 1.807) is 0 Å². The second kappa shape index (κ2) is 4.35. The Morgan fingerprint density at radius 1 is 1.50 bits per heavy atom. The molecule has 0 spiro atoms. The average Bonchev–Trinajstić information content (AvgIpc) is 2.72. The zero-order chi connectivity index (χ0) is 13.6. The van der Waals surface area contributed by atoms with E-state index in [1.165, 1.54) is 0 Å². The molecule has 1 aliphatic rings. The van der Waals surface area contributed by atoms with Gasteiger partial charge in [-0.05, 0) is 37.7 Å². The lowest BCUT2D eigenvalue weighted by Crippen LogP contribution is -2.44. The maximum absolute atomic E-state index is 10.6. The van der Waals surface area contributed by atoms with Crippen molar-refractivity contribution in [3.63, 3.8) is 0 Å². The number of hydrogen-bond donors (Lipinski definition) is 2. The summed E-state index contributed by atoms with van der Waals surface area (Å²) in [6, 6.07) is 2.09. The Morgan fingerprint density at radius 3 is 2.56 bits per heavy atom. The van der Waals surface area contributed by atoms with Crippen molar-refractivity contribution in [1.82, 2.24) is 9.78 Å². The molecule has 1 aromatic rings. The molecule has 1 saturated carbocycles. The molecule has 1 aliphatic carbocycles. The fraction of sp³-hybridized carbons (Fsp3) is 0.786. The Morgan fingerprint density at radius 2 is 2.17 bits per heavy atom. The molecular weight excluding hydrogens is 226 g/mol. The predicted molar refractivity (Wildman–Crippen MR) is 72.2 cm³/mol. The smallest absolute Gasteiger partial charge is 0.0663 e. The first kappa shape index (κ1) is 13.6. The van der Waals surface area contributed by atoms with Gasteiger partial charge in [0.05, 0.1) is 11.8 Å². The number of aryl methyl sites for hydroxylation is 2. The highest BCUT2D eigenvalue weighted by Gasteiger charge is 2.51. The van der Waals surface area contributed by atoms with Gasteiger partial charge in [0.2, 0.25) is 0 Å². The zero-order valence-electron chi connectivity index (χ0n) is 11.9. The molecule has 0 radical (unpaired) electrons. The molecule has 4 nitrogen and oxygen atoms in total. The molecular formula is C14H25N3O. The van der Waals surface area contributed by atoms with Crippen molar-refractivity contribution in [3.8, 4) is 0 Å². The second-order valence-electron chi connectivity index (χ2n) is 6.54. The summed E-state index contributed by atoms with van der Waals surface area (Å²) >= 11 is 0. The summed E-state index contributed by atoms with van der Waals surface area (Å²) in [6.45, 7) is 6.78. The van der Waals surface area contributed by atoms with Crippen molar-refractivity contribution in [1.29, 1.82) is 0 Å². The van der Waals surface area contributed by atoms with E-state index in [2.05, 4.69) is 25.0 Å². The molecule has 1 aromatic heterocycles. The van der Waals surface area contributed by atoms with Crippen LogP contribution in [0, 0.1) is 17.8 Å². The van der Waals surface area contributed by atoms with E-state index in [-0.39, 0.29) is 16.9 Å². The monoisotopic (exact) mass is 251 g/mol. The van der Waals surface area contributed by atoms with E-state index >= 15 is 0 Å². The van der Waals surface area contributed by atoms with Crippen LogP contribution in [0.3, 0.4) is 0 Å². The average molecular weight is 251 g/mol. The van der Waals surface area contributed by atoms with Crippen LogP contribution in [-0.4, -0.2) is 27.5 Å². The van der Waals surface area contributed by atoms with Crippen LogP contribution in [0.2, 0.25) is 0 Å². The first-order valence-corrected chi connectivity index (χ1v) is 6.68. The van der Waals surface area contributed by atoms with Gasteiger partial charge in [-0.15, -0.1) is 0 Å². The van der Waals surface area contributed by atoms with E-state index in [4.69, 9.17) is 5.73 Å². The van der Waals surface area contributed by atoms with Crippen LogP contribution in [0.1, 0.15) is 38.1 Å². The van der Waals surface area contributed by atoms with E-state index in [9.17, 15) is 5.11 Å². The van der Waals surface area contributed by atoms with Gasteiger partial charge >= 0.3 is 0 Å². The second-order valence-corrected chi connectivity index (χ2v) is 6.54. The van der Waals surface area contributed by atoms with E-state index in [1.807, 2.05) is 18.7 Å². The van der Waals surface area contributed by atoms with Gasteiger partial charge in [0, 0.05) is 24.7 Å². The van der Waals surface area contributed by atoms with Crippen LogP contribution in [-0.2, 0) is 13.5 Å². The van der Waals surface area contributed by atoms with Crippen LogP contribution in [0.5, 0.6) is 0 Å². The summed E-state index contributed by atoms with van der Waals surface area (Å²) in [5.41, 5.74) is 7.95. The van der Waals surface area contributed by atoms with Crippen molar-refractivity contribution in [2.24, 2.45) is 23.6 Å². The fourth-order valence-electron chi connectivity index (χ4n) is 3.33. The molecule has 0 saturated heterocycles. The number of rotatable bonds is 3. The quantitative estimate of drug-likeness (QED) is 0.853. The molecule has 2 atom stereocenters.